The number of hydrogen-bond donors (Lipinski definition) is 2. The number of nitrogens with one attached hydrogen (secondary N) is 1. The second kappa shape index (κ2) is 6.81. The maximum Gasteiger partial charge on any atom is 0.220 e. The third-order valence-corrected chi connectivity index (χ3v) is 5.65. The lowest BCUT2D eigenvalue weighted by atomic mass is 9.98. The normalized spacial score (nSPS) is 11.6. The Labute approximate surface area is 160 Å². The topological polar surface area (TPSA) is 76.7 Å². The van der Waals surface area contributed by atoms with Crippen molar-refractivity contribution < 1.29 is 4.39 Å². The molecule has 0 saturated heterocycles. The number of hydrogen-bond acceptors (Lipinski definition) is 6. The zero-order valence-electron chi connectivity index (χ0n) is 14.9. The third kappa shape index (κ3) is 3.50. The van der Waals surface area contributed by atoms with Gasteiger partial charge in [0.25, 0.3) is 0 Å². The zero-order valence-corrected chi connectivity index (χ0v) is 16.5. The number of benzene rings is 1. The molecule has 2 heterocycles. The molecule has 1 aromatic carbocycles. The molecular formula is C18H19ClFN5S. The Morgan fingerprint density at radius 3 is 2.58 bits per heavy atom. The largest absolute Gasteiger partial charge is 0.387 e. The molecule has 0 fully saturated rings. The summed E-state index contributed by atoms with van der Waals surface area (Å²) in [4.78, 5) is 13.8. The number of nitrogen functional groups attached to an aromatic ring is 1. The average Bonchev–Trinajstić information content (AvgIpc) is 3.02. The predicted molar refractivity (Wildman–Crippen MR) is 106 cm³/mol. The van der Waals surface area contributed by atoms with E-state index in [1.165, 1.54) is 23.5 Å². The summed E-state index contributed by atoms with van der Waals surface area (Å²) in [5.74, 6) is -0.229. The van der Waals surface area contributed by atoms with Gasteiger partial charge in [-0.25, -0.2) is 19.3 Å². The minimum Gasteiger partial charge on any atom is -0.387 e. The van der Waals surface area contributed by atoms with Crippen LogP contribution in [0.1, 0.15) is 25.8 Å². The second-order valence-corrected chi connectivity index (χ2v) is 8.19. The number of thiazole rings is 1. The van der Waals surface area contributed by atoms with E-state index in [2.05, 4.69) is 36.1 Å². The van der Waals surface area contributed by atoms with Crippen molar-refractivity contribution in [3.8, 4) is 21.8 Å². The highest BCUT2D eigenvalue weighted by Crippen LogP contribution is 2.44. The molecule has 3 aromatic rings. The number of nitrogens with zero attached hydrogens (tertiary/aromatic N) is 3. The van der Waals surface area contributed by atoms with Crippen molar-refractivity contribution in [2.45, 2.75) is 26.2 Å². The van der Waals surface area contributed by atoms with Crippen LogP contribution in [0.25, 0.3) is 21.8 Å². The fourth-order valence-corrected chi connectivity index (χ4v) is 3.84. The number of halogens is 2. The molecule has 0 aliphatic heterocycles. The van der Waals surface area contributed by atoms with E-state index >= 15 is 0 Å². The summed E-state index contributed by atoms with van der Waals surface area (Å²) in [6.45, 7) is 6.21. The van der Waals surface area contributed by atoms with E-state index in [9.17, 15) is 4.39 Å². The highest BCUT2D eigenvalue weighted by atomic mass is 35.5. The van der Waals surface area contributed by atoms with Gasteiger partial charge in [0, 0.05) is 24.2 Å². The first kappa shape index (κ1) is 18.5. The maximum atomic E-state index is 14.2. The second-order valence-electron chi connectivity index (χ2n) is 6.81. The minimum absolute atomic E-state index is 0.167. The van der Waals surface area contributed by atoms with Gasteiger partial charge in [-0.1, -0.05) is 32.4 Å². The Kier molecular flexibility index (Phi) is 4.86. The smallest absolute Gasteiger partial charge is 0.220 e. The van der Waals surface area contributed by atoms with Gasteiger partial charge in [-0.2, -0.15) is 0 Å². The summed E-state index contributed by atoms with van der Waals surface area (Å²) in [5, 5.41) is 4.21. The summed E-state index contributed by atoms with van der Waals surface area (Å²) in [7, 11) is 1.69. The minimum atomic E-state index is -0.396. The molecule has 0 radical (unpaired) electrons. The van der Waals surface area contributed by atoms with Gasteiger partial charge in [0.05, 0.1) is 32.0 Å². The highest BCUT2D eigenvalue weighted by molar-refractivity contribution is 7.15. The van der Waals surface area contributed by atoms with Crippen LogP contribution in [0.5, 0.6) is 0 Å². The first-order chi connectivity index (χ1) is 12.2. The van der Waals surface area contributed by atoms with Crippen molar-refractivity contribution in [1.82, 2.24) is 15.0 Å². The van der Waals surface area contributed by atoms with Crippen LogP contribution in [0, 0.1) is 5.82 Å². The molecule has 0 unspecified atom stereocenters. The van der Waals surface area contributed by atoms with Crippen molar-refractivity contribution in [2.24, 2.45) is 0 Å². The SMILES string of the molecule is CNc1cc(F)cc(-c2nc(C(C)(C)C)sc2-c2ccnc(N)n2)c1Cl. The van der Waals surface area contributed by atoms with Crippen molar-refractivity contribution in [3.63, 3.8) is 0 Å². The lowest BCUT2D eigenvalue weighted by molar-refractivity contribution is 0.586. The van der Waals surface area contributed by atoms with E-state index in [4.69, 9.17) is 22.3 Å². The lowest BCUT2D eigenvalue weighted by Gasteiger charge is -2.13. The molecule has 0 bridgehead atoms. The molecule has 0 aliphatic rings. The lowest BCUT2D eigenvalue weighted by Crippen LogP contribution is -2.10. The Balaban J connectivity index is 2.31. The van der Waals surface area contributed by atoms with E-state index in [1.54, 1.807) is 19.3 Å². The van der Waals surface area contributed by atoms with Crippen LogP contribution in [0.3, 0.4) is 0 Å². The van der Waals surface area contributed by atoms with Gasteiger partial charge in [-0.15, -0.1) is 11.3 Å². The van der Waals surface area contributed by atoms with Crippen molar-refractivity contribution in [1.29, 1.82) is 0 Å². The van der Waals surface area contributed by atoms with Crippen LogP contribution >= 0.6 is 22.9 Å². The van der Waals surface area contributed by atoms with Crippen LogP contribution in [-0.4, -0.2) is 22.0 Å². The van der Waals surface area contributed by atoms with Crippen LogP contribution < -0.4 is 11.1 Å². The molecule has 0 spiro atoms. The van der Waals surface area contributed by atoms with Crippen LogP contribution in [0.2, 0.25) is 5.02 Å². The Hall–Kier alpha value is -2.25. The first-order valence-electron chi connectivity index (χ1n) is 7.98. The molecular weight excluding hydrogens is 373 g/mol. The third-order valence-electron chi connectivity index (χ3n) is 3.74. The molecule has 3 rings (SSSR count). The van der Waals surface area contributed by atoms with Gasteiger partial charge in [0.2, 0.25) is 5.95 Å². The molecule has 2 aromatic heterocycles. The maximum absolute atomic E-state index is 14.2. The van der Waals surface area contributed by atoms with Crippen molar-refractivity contribution in [3.05, 3.63) is 40.2 Å². The van der Waals surface area contributed by atoms with Crippen molar-refractivity contribution in [2.75, 3.05) is 18.1 Å². The van der Waals surface area contributed by atoms with Crippen LogP contribution in [-0.2, 0) is 5.41 Å². The van der Waals surface area contributed by atoms with Gasteiger partial charge in [0.15, 0.2) is 0 Å². The standard InChI is InChI=1S/C18H19ClFN5S/c1-18(2,3)16-25-14(10-7-9(20)8-12(22-4)13(10)19)15(26-16)11-5-6-23-17(21)24-11/h5-8,22H,1-4H3,(H2,21,23,24). The Bertz CT molecular complexity index is 965. The molecule has 136 valence electrons. The monoisotopic (exact) mass is 391 g/mol. The molecule has 3 N–H and O–H groups in total. The van der Waals surface area contributed by atoms with Gasteiger partial charge >= 0.3 is 0 Å². The number of rotatable bonds is 3. The molecule has 0 amide bonds. The van der Waals surface area contributed by atoms with Crippen LogP contribution in [0.4, 0.5) is 16.0 Å². The van der Waals surface area contributed by atoms with Gasteiger partial charge in [-0.3, -0.25) is 0 Å². The Morgan fingerprint density at radius 1 is 1.23 bits per heavy atom. The van der Waals surface area contributed by atoms with E-state index in [0.717, 1.165) is 9.88 Å². The Morgan fingerprint density at radius 2 is 1.96 bits per heavy atom. The van der Waals surface area contributed by atoms with E-state index < -0.39 is 5.82 Å². The molecule has 5 nitrogen and oxygen atoms in total. The first-order valence-corrected chi connectivity index (χ1v) is 9.17. The average molecular weight is 392 g/mol. The number of nitrogens with two attached hydrogens (primary N) is 1. The molecule has 26 heavy (non-hydrogen) atoms. The predicted octanol–water partition coefficient (Wildman–Crippen LogP) is 4.98. The van der Waals surface area contributed by atoms with E-state index in [-0.39, 0.29) is 11.4 Å². The summed E-state index contributed by atoms with van der Waals surface area (Å²) < 4.78 is 14.2. The summed E-state index contributed by atoms with van der Waals surface area (Å²) >= 11 is 8.00. The quantitative estimate of drug-likeness (QED) is 0.658. The van der Waals surface area contributed by atoms with Crippen LogP contribution in [0.15, 0.2) is 24.4 Å². The van der Waals surface area contributed by atoms with Gasteiger partial charge in [0.1, 0.15) is 5.82 Å². The number of anilines is 2. The number of aromatic nitrogens is 3. The molecule has 0 aliphatic carbocycles. The molecule has 0 saturated carbocycles. The molecule has 0 atom stereocenters. The van der Waals surface area contributed by atoms with E-state index in [0.29, 0.717) is 27.7 Å². The summed E-state index contributed by atoms with van der Waals surface area (Å²) in [6, 6.07) is 4.50. The van der Waals surface area contributed by atoms with Gasteiger partial charge in [-0.05, 0) is 18.2 Å². The fraction of sp³-hybridized carbons (Fsp3) is 0.278. The zero-order chi connectivity index (χ0) is 19.1. The van der Waals surface area contributed by atoms with E-state index in [1.807, 2.05) is 0 Å². The van der Waals surface area contributed by atoms with Gasteiger partial charge < -0.3 is 11.1 Å². The fourth-order valence-electron chi connectivity index (χ4n) is 2.44. The highest BCUT2D eigenvalue weighted by Gasteiger charge is 2.25. The summed E-state index contributed by atoms with van der Waals surface area (Å²) in [5.41, 5.74) is 7.79. The molecule has 8 heteroatoms. The summed E-state index contributed by atoms with van der Waals surface area (Å²) in [6.07, 6.45) is 1.59. The van der Waals surface area contributed by atoms with Crippen molar-refractivity contribution >= 4 is 34.6 Å².